The second-order valence-electron chi connectivity index (χ2n) is 7.47. The monoisotopic (exact) mass is 440 g/mol. The minimum atomic E-state index is -0.366. The van der Waals surface area contributed by atoms with Crippen LogP contribution >= 0.6 is 23.1 Å². The van der Waals surface area contributed by atoms with E-state index >= 15 is 0 Å². The Morgan fingerprint density at radius 3 is 2.77 bits per heavy atom. The fourth-order valence-corrected chi connectivity index (χ4v) is 6.15. The first-order valence-electron chi connectivity index (χ1n) is 9.88. The number of aryl methyl sites for hydroxylation is 3. The summed E-state index contributed by atoms with van der Waals surface area (Å²) >= 11 is 2.78. The van der Waals surface area contributed by atoms with Gasteiger partial charge in [0.25, 0.3) is 5.56 Å². The zero-order valence-electron chi connectivity index (χ0n) is 16.4. The summed E-state index contributed by atoms with van der Waals surface area (Å²) in [5.41, 5.74) is 2.88. The third-order valence-corrected chi connectivity index (χ3v) is 7.59. The first-order valence-corrected chi connectivity index (χ1v) is 11.7. The molecule has 0 saturated carbocycles. The van der Waals surface area contributed by atoms with Crippen LogP contribution in [0.1, 0.15) is 22.4 Å². The number of nitrogens with zero attached hydrogens (tertiary/aromatic N) is 3. The van der Waals surface area contributed by atoms with E-state index in [1.807, 2.05) is 31.2 Å². The zero-order chi connectivity index (χ0) is 20.8. The molecule has 0 radical (unpaired) electrons. The van der Waals surface area contributed by atoms with Gasteiger partial charge in [0.2, 0.25) is 5.91 Å². The lowest BCUT2D eigenvalue weighted by molar-refractivity contribution is -0.124. The molecule has 0 spiro atoms. The highest BCUT2D eigenvalue weighted by Crippen LogP contribution is 2.36. The molecular formula is C21H20N4O3S2. The number of imide groups is 1. The van der Waals surface area contributed by atoms with Gasteiger partial charge in [-0.15, -0.1) is 11.3 Å². The van der Waals surface area contributed by atoms with Crippen LogP contribution in [0, 0.1) is 6.92 Å². The highest BCUT2D eigenvalue weighted by molar-refractivity contribution is 7.99. The summed E-state index contributed by atoms with van der Waals surface area (Å²) in [5.74, 6) is -0.240. The van der Waals surface area contributed by atoms with Crippen molar-refractivity contribution < 1.29 is 9.59 Å². The summed E-state index contributed by atoms with van der Waals surface area (Å²) < 4.78 is 1.61. The Labute approximate surface area is 181 Å². The number of nitrogens with one attached hydrogen (secondary N) is 1. The van der Waals surface area contributed by atoms with Crippen molar-refractivity contribution in [1.29, 1.82) is 0 Å². The van der Waals surface area contributed by atoms with E-state index in [0.717, 1.165) is 40.9 Å². The van der Waals surface area contributed by atoms with Crippen LogP contribution in [0.15, 0.2) is 34.2 Å². The van der Waals surface area contributed by atoms with Crippen LogP contribution in [-0.2, 0) is 17.6 Å². The molecular weight excluding hydrogens is 420 g/mol. The molecule has 1 N–H and O–H groups in total. The molecule has 3 aromatic rings. The number of amides is 3. The van der Waals surface area contributed by atoms with Crippen LogP contribution in [0.4, 0.5) is 4.79 Å². The quantitative estimate of drug-likeness (QED) is 0.498. The third-order valence-electron chi connectivity index (χ3n) is 5.48. The molecule has 30 heavy (non-hydrogen) atoms. The van der Waals surface area contributed by atoms with Gasteiger partial charge in [-0.25, -0.2) is 9.78 Å². The van der Waals surface area contributed by atoms with E-state index in [1.165, 1.54) is 21.5 Å². The number of hydrogen-bond donors (Lipinski definition) is 1. The number of rotatable bonds is 4. The molecule has 2 aliphatic rings. The fourth-order valence-electron chi connectivity index (χ4n) is 3.96. The second kappa shape index (κ2) is 7.55. The van der Waals surface area contributed by atoms with Gasteiger partial charge < -0.3 is 5.32 Å². The fraction of sp³-hybridized carbons (Fsp3) is 0.333. The Bertz CT molecular complexity index is 1230. The first-order chi connectivity index (χ1) is 14.5. The Morgan fingerprint density at radius 1 is 1.23 bits per heavy atom. The maximum Gasteiger partial charge on any atom is 0.324 e. The molecule has 0 unspecified atom stereocenters. The van der Waals surface area contributed by atoms with Crippen molar-refractivity contribution in [2.24, 2.45) is 0 Å². The average molecular weight is 441 g/mol. The van der Waals surface area contributed by atoms with Gasteiger partial charge in [-0.2, -0.15) is 0 Å². The van der Waals surface area contributed by atoms with E-state index in [9.17, 15) is 14.4 Å². The van der Waals surface area contributed by atoms with Gasteiger partial charge in [0.1, 0.15) is 4.83 Å². The average Bonchev–Trinajstić information content (AvgIpc) is 3.43. The largest absolute Gasteiger partial charge is 0.336 e. The van der Waals surface area contributed by atoms with Gasteiger partial charge in [0.05, 0.1) is 16.8 Å². The third kappa shape index (κ3) is 3.22. The van der Waals surface area contributed by atoms with Crippen molar-refractivity contribution in [3.8, 4) is 5.69 Å². The number of thioether (sulfide) groups is 1. The predicted octanol–water partition coefficient (Wildman–Crippen LogP) is 2.89. The van der Waals surface area contributed by atoms with Gasteiger partial charge in [0.15, 0.2) is 5.16 Å². The molecule has 3 heterocycles. The number of urea groups is 1. The van der Waals surface area contributed by atoms with Crippen molar-refractivity contribution in [2.75, 3.05) is 18.8 Å². The van der Waals surface area contributed by atoms with Crippen LogP contribution in [-0.4, -0.2) is 45.2 Å². The number of fused-ring (bicyclic) bond motifs is 3. The molecule has 1 aliphatic carbocycles. The lowest BCUT2D eigenvalue weighted by Gasteiger charge is -2.14. The van der Waals surface area contributed by atoms with Gasteiger partial charge in [0, 0.05) is 18.0 Å². The van der Waals surface area contributed by atoms with Crippen LogP contribution in [0.5, 0.6) is 0 Å². The van der Waals surface area contributed by atoms with E-state index in [0.29, 0.717) is 23.6 Å². The topological polar surface area (TPSA) is 84.3 Å². The van der Waals surface area contributed by atoms with Gasteiger partial charge in [-0.3, -0.25) is 19.1 Å². The molecule has 2 aromatic heterocycles. The molecule has 1 aromatic carbocycles. The Hall–Kier alpha value is -2.65. The number of aromatic nitrogens is 2. The molecule has 1 aliphatic heterocycles. The lowest BCUT2D eigenvalue weighted by atomic mass is 10.2. The molecule has 1 saturated heterocycles. The molecule has 9 heteroatoms. The molecule has 0 atom stereocenters. The van der Waals surface area contributed by atoms with E-state index in [-0.39, 0.29) is 23.3 Å². The maximum atomic E-state index is 13.6. The summed E-state index contributed by atoms with van der Waals surface area (Å²) in [6, 6.07) is 7.35. The van der Waals surface area contributed by atoms with E-state index in [2.05, 4.69) is 5.32 Å². The van der Waals surface area contributed by atoms with Gasteiger partial charge in [-0.1, -0.05) is 29.5 Å². The number of carbonyl (C=O) groups is 2. The number of thiophene rings is 1. The second-order valence-corrected chi connectivity index (χ2v) is 9.50. The van der Waals surface area contributed by atoms with Crippen molar-refractivity contribution in [2.45, 2.75) is 31.3 Å². The van der Waals surface area contributed by atoms with Crippen molar-refractivity contribution in [1.82, 2.24) is 19.8 Å². The minimum Gasteiger partial charge on any atom is -0.336 e. The van der Waals surface area contributed by atoms with Crippen molar-refractivity contribution in [3.63, 3.8) is 0 Å². The smallest absolute Gasteiger partial charge is 0.324 e. The van der Waals surface area contributed by atoms with Gasteiger partial charge in [-0.05, 0) is 43.9 Å². The normalized spacial score (nSPS) is 15.6. The molecule has 7 nitrogen and oxygen atoms in total. The standard InChI is InChI=1S/C21H20N4O3S2/c1-12-5-7-13(8-6-12)25-19(27)17-14-3-2-4-15(14)30-18(17)23-21(25)29-11-16(26)24-10-9-22-20(24)28/h5-8H,2-4,9-11H2,1H3,(H,22,28). The summed E-state index contributed by atoms with van der Waals surface area (Å²) in [4.78, 5) is 45.8. The lowest BCUT2D eigenvalue weighted by Crippen LogP contribution is -2.35. The molecule has 3 amide bonds. The number of benzene rings is 1. The van der Waals surface area contributed by atoms with E-state index in [1.54, 1.807) is 15.9 Å². The van der Waals surface area contributed by atoms with Gasteiger partial charge >= 0.3 is 6.03 Å². The summed E-state index contributed by atoms with van der Waals surface area (Å²) in [7, 11) is 0. The molecule has 154 valence electrons. The number of carbonyl (C=O) groups excluding carboxylic acids is 2. The number of hydrogen-bond acceptors (Lipinski definition) is 6. The Balaban J connectivity index is 1.58. The zero-order valence-corrected chi connectivity index (χ0v) is 18.1. The highest BCUT2D eigenvalue weighted by Gasteiger charge is 2.28. The Morgan fingerprint density at radius 2 is 2.03 bits per heavy atom. The molecule has 1 fully saturated rings. The van der Waals surface area contributed by atoms with Crippen molar-refractivity contribution in [3.05, 3.63) is 50.6 Å². The highest BCUT2D eigenvalue weighted by atomic mass is 32.2. The maximum absolute atomic E-state index is 13.6. The van der Waals surface area contributed by atoms with Crippen LogP contribution < -0.4 is 10.9 Å². The van der Waals surface area contributed by atoms with Crippen LogP contribution in [0.3, 0.4) is 0 Å². The van der Waals surface area contributed by atoms with E-state index < -0.39 is 0 Å². The van der Waals surface area contributed by atoms with Crippen molar-refractivity contribution >= 4 is 45.3 Å². The van der Waals surface area contributed by atoms with E-state index in [4.69, 9.17) is 4.98 Å². The summed E-state index contributed by atoms with van der Waals surface area (Å²) in [6.07, 6.45) is 2.98. The Kier molecular flexibility index (Phi) is 4.86. The summed E-state index contributed by atoms with van der Waals surface area (Å²) in [5, 5.41) is 3.82. The van der Waals surface area contributed by atoms with Crippen LogP contribution in [0.25, 0.3) is 15.9 Å². The SMILES string of the molecule is Cc1ccc(-n2c(SCC(=O)N3CCNC3=O)nc3sc4c(c3c2=O)CCC4)cc1. The summed E-state index contributed by atoms with van der Waals surface area (Å²) in [6.45, 7) is 2.83. The first kappa shape index (κ1) is 19.3. The molecule has 0 bridgehead atoms. The molecule has 5 rings (SSSR count). The minimum absolute atomic E-state index is 0.0440. The predicted molar refractivity (Wildman–Crippen MR) is 118 cm³/mol. The van der Waals surface area contributed by atoms with Crippen LogP contribution in [0.2, 0.25) is 0 Å².